The van der Waals surface area contributed by atoms with Crippen LogP contribution in [0.2, 0.25) is 0 Å². The molecule has 0 unspecified atom stereocenters. The summed E-state index contributed by atoms with van der Waals surface area (Å²) in [5.41, 5.74) is 0.601. The van der Waals surface area contributed by atoms with Gasteiger partial charge in [0.05, 0.1) is 6.07 Å². The van der Waals surface area contributed by atoms with E-state index in [1.165, 1.54) is 12.1 Å². The van der Waals surface area contributed by atoms with Crippen molar-refractivity contribution in [3.8, 4) is 11.6 Å². The summed E-state index contributed by atoms with van der Waals surface area (Å²) in [6, 6.07) is 6.00. The topological polar surface area (TPSA) is 92.3 Å². The van der Waals surface area contributed by atoms with E-state index in [0.717, 1.165) is 18.4 Å². The minimum absolute atomic E-state index is 0.0376. The van der Waals surface area contributed by atoms with Crippen molar-refractivity contribution in [2.45, 2.75) is 25.7 Å². The van der Waals surface area contributed by atoms with Crippen LogP contribution in [0.3, 0.4) is 0 Å². The summed E-state index contributed by atoms with van der Waals surface area (Å²) in [5.74, 6) is 0.0908. The van der Waals surface area contributed by atoms with Crippen molar-refractivity contribution in [2.75, 3.05) is 0 Å². The van der Waals surface area contributed by atoms with Crippen molar-refractivity contribution in [1.82, 2.24) is 9.97 Å². The zero-order chi connectivity index (χ0) is 15.0. The number of aromatic amines is 1. The van der Waals surface area contributed by atoms with Crippen molar-refractivity contribution >= 4 is 5.97 Å². The first-order valence-electron chi connectivity index (χ1n) is 6.66. The van der Waals surface area contributed by atoms with Gasteiger partial charge in [-0.15, -0.1) is 0 Å². The summed E-state index contributed by atoms with van der Waals surface area (Å²) in [4.78, 5) is 29.8. The molecule has 0 atom stereocenters. The second-order valence-corrected chi connectivity index (χ2v) is 5.15. The molecule has 2 aromatic rings. The highest BCUT2D eigenvalue weighted by Gasteiger charge is 2.26. The average Bonchev–Trinajstić information content (AvgIpc) is 3.21. The molecule has 3 rings (SSSR count). The van der Waals surface area contributed by atoms with Gasteiger partial charge in [0.2, 0.25) is 5.88 Å². The number of ether oxygens (including phenoxy) is 1. The Labute approximate surface area is 120 Å². The fourth-order valence-corrected chi connectivity index (χ4v) is 2.06. The predicted octanol–water partition coefficient (Wildman–Crippen LogP) is 2.45. The minimum Gasteiger partial charge on any atom is -0.478 e. The largest absolute Gasteiger partial charge is 0.478 e. The molecule has 0 saturated heterocycles. The van der Waals surface area contributed by atoms with Crippen molar-refractivity contribution in [3.05, 3.63) is 51.6 Å². The maximum Gasteiger partial charge on any atom is 0.339 e. The summed E-state index contributed by atoms with van der Waals surface area (Å²) in [7, 11) is 0. The monoisotopic (exact) mass is 286 g/mol. The molecular formula is C15H14N2O4. The molecule has 108 valence electrons. The SMILES string of the molecule is Cc1ccc(C(=O)O)c(Oc2cc(=O)[nH]c(C3CC3)n2)c1. The Balaban J connectivity index is 1.98. The third kappa shape index (κ3) is 2.94. The van der Waals surface area contributed by atoms with Crippen LogP contribution in [-0.2, 0) is 0 Å². The number of aryl methyl sites for hydroxylation is 1. The molecule has 0 amide bonds. The van der Waals surface area contributed by atoms with Crippen molar-refractivity contribution in [3.63, 3.8) is 0 Å². The quantitative estimate of drug-likeness (QED) is 0.900. The second-order valence-electron chi connectivity index (χ2n) is 5.15. The molecule has 1 aliphatic rings. The first kappa shape index (κ1) is 13.4. The highest BCUT2D eigenvalue weighted by Crippen LogP contribution is 2.38. The van der Waals surface area contributed by atoms with Crippen LogP contribution in [0, 0.1) is 6.92 Å². The van der Waals surface area contributed by atoms with Gasteiger partial charge in [0.1, 0.15) is 17.1 Å². The lowest BCUT2D eigenvalue weighted by Crippen LogP contribution is -2.11. The molecule has 6 nitrogen and oxygen atoms in total. The maximum absolute atomic E-state index is 11.6. The standard InChI is InChI=1S/C15H14N2O4/c1-8-2-5-10(15(19)20)11(6-8)21-13-7-12(18)16-14(17-13)9-3-4-9/h2,5-7,9H,3-4H2,1H3,(H,19,20)(H,16,17,18). The Bertz CT molecular complexity index is 763. The van der Waals surface area contributed by atoms with Crippen LogP contribution in [0.5, 0.6) is 11.6 Å². The van der Waals surface area contributed by atoms with Gasteiger partial charge in [-0.1, -0.05) is 6.07 Å². The van der Waals surface area contributed by atoms with E-state index in [9.17, 15) is 14.7 Å². The van der Waals surface area contributed by atoms with Crippen molar-refractivity contribution in [2.24, 2.45) is 0 Å². The van der Waals surface area contributed by atoms with Crippen LogP contribution in [0.1, 0.15) is 40.5 Å². The molecule has 1 aliphatic carbocycles. The van der Waals surface area contributed by atoms with E-state index >= 15 is 0 Å². The maximum atomic E-state index is 11.6. The molecular weight excluding hydrogens is 272 g/mol. The summed E-state index contributed by atoms with van der Waals surface area (Å²) in [6.45, 7) is 1.83. The fourth-order valence-electron chi connectivity index (χ4n) is 2.06. The first-order chi connectivity index (χ1) is 10.0. The molecule has 21 heavy (non-hydrogen) atoms. The van der Waals surface area contributed by atoms with Crippen LogP contribution in [0.15, 0.2) is 29.1 Å². The van der Waals surface area contributed by atoms with Crippen molar-refractivity contribution in [1.29, 1.82) is 0 Å². The number of H-pyrrole nitrogens is 1. The normalized spacial score (nSPS) is 14.0. The van der Waals surface area contributed by atoms with E-state index in [1.807, 2.05) is 6.92 Å². The lowest BCUT2D eigenvalue weighted by molar-refractivity contribution is 0.0694. The van der Waals surface area contributed by atoms with Gasteiger partial charge >= 0.3 is 5.97 Å². The fraction of sp³-hybridized carbons (Fsp3) is 0.267. The van der Waals surface area contributed by atoms with Crippen LogP contribution < -0.4 is 10.3 Å². The van der Waals surface area contributed by atoms with Crippen LogP contribution >= 0.6 is 0 Å². The number of nitrogens with one attached hydrogen (secondary N) is 1. The molecule has 1 saturated carbocycles. The number of hydrogen-bond acceptors (Lipinski definition) is 4. The Morgan fingerprint density at radius 2 is 2.14 bits per heavy atom. The van der Waals surface area contributed by atoms with E-state index < -0.39 is 5.97 Å². The van der Waals surface area contributed by atoms with E-state index in [4.69, 9.17) is 4.74 Å². The van der Waals surface area contributed by atoms with Gasteiger partial charge in [-0.05, 0) is 37.5 Å². The highest BCUT2D eigenvalue weighted by atomic mass is 16.5. The Morgan fingerprint density at radius 3 is 2.81 bits per heavy atom. The van der Waals surface area contributed by atoms with Gasteiger partial charge in [0.15, 0.2) is 0 Å². The summed E-state index contributed by atoms with van der Waals surface area (Å²) in [6.07, 6.45) is 1.99. The zero-order valence-corrected chi connectivity index (χ0v) is 11.4. The number of benzene rings is 1. The third-order valence-corrected chi connectivity index (χ3v) is 3.28. The number of carbonyl (C=O) groups is 1. The first-order valence-corrected chi connectivity index (χ1v) is 6.66. The van der Waals surface area contributed by atoms with E-state index in [0.29, 0.717) is 5.82 Å². The molecule has 2 N–H and O–H groups in total. The smallest absolute Gasteiger partial charge is 0.339 e. The third-order valence-electron chi connectivity index (χ3n) is 3.28. The second kappa shape index (κ2) is 5.05. The molecule has 6 heteroatoms. The van der Waals surface area contributed by atoms with E-state index in [1.54, 1.807) is 12.1 Å². The minimum atomic E-state index is -1.09. The zero-order valence-electron chi connectivity index (χ0n) is 11.4. The average molecular weight is 286 g/mol. The Hall–Kier alpha value is -2.63. The number of hydrogen-bond donors (Lipinski definition) is 2. The number of aromatic carboxylic acids is 1. The highest BCUT2D eigenvalue weighted by molar-refractivity contribution is 5.91. The van der Waals surface area contributed by atoms with Gasteiger partial charge < -0.3 is 14.8 Å². The van der Waals surface area contributed by atoms with Gasteiger partial charge in [0, 0.05) is 5.92 Å². The molecule has 1 aromatic carbocycles. The number of carboxylic acids is 1. The lowest BCUT2D eigenvalue weighted by atomic mass is 10.1. The molecule has 0 bridgehead atoms. The van der Waals surface area contributed by atoms with Crippen LogP contribution in [0.25, 0.3) is 0 Å². The van der Waals surface area contributed by atoms with Crippen LogP contribution in [-0.4, -0.2) is 21.0 Å². The molecule has 0 radical (unpaired) electrons. The van der Waals surface area contributed by atoms with Gasteiger partial charge in [-0.25, -0.2) is 4.79 Å². The van der Waals surface area contributed by atoms with Gasteiger partial charge in [-0.2, -0.15) is 4.98 Å². The Kier molecular flexibility index (Phi) is 3.21. The number of nitrogens with zero attached hydrogens (tertiary/aromatic N) is 1. The Morgan fingerprint density at radius 1 is 1.38 bits per heavy atom. The summed E-state index contributed by atoms with van der Waals surface area (Å²) < 4.78 is 5.54. The molecule has 0 spiro atoms. The molecule has 0 aliphatic heterocycles. The number of aromatic nitrogens is 2. The predicted molar refractivity (Wildman–Crippen MR) is 75.0 cm³/mol. The molecule has 1 heterocycles. The molecule has 1 fully saturated rings. The molecule has 1 aromatic heterocycles. The van der Waals surface area contributed by atoms with E-state index in [2.05, 4.69) is 9.97 Å². The lowest BCUT2D eigenvalue weighted by Gasteiger charge is -2.09. The van der Waals surface area contributed by atoms with Crippen molar-refractivity contribution < 1.29 is 14.6 Å². The number of carboxylic acid groups (broad SMARTS) is 1. The summed E-state index contributed by atoms with van der Waals surface area (Å²) >= 11 is 0. The van der Waals surface area contributed by atoms with E-state index in [-0.39, 0.29) is 28.7 Å². The van der Waals surface area contributed by atoms with Crippen LogP contribution in [0.4, 0.5) is 0 Å². The van der Waals surface area contributed by atoms with Gasteiger partial charge in [-0.3, -0.25) is 4.79 Å². The summed E-state index contributed by atoms with van der Waals surface area (Å²) in [5, 5.41) is 9.17. The van der Waals surface area contributed by atoms with Gasteiger partial charge in [0.25, 0.3) is 5.56 Å². The number of rotatable bonds is 4.